The van der Waals surface area contributed by atoms with Gasteiger partial charge in [-0.1, -0.05) is 0 Å². The molecule has 0 atom stereocenters. The molecule has 131 valence electrons. The first kappa shape index (κ1) is 16.5. The number of anilines is 1. The fourth-order valence-corrected chi connectivity index (χ4v) is 2.97. The smallest absolute Gasteiger partial charge is 0.127 e. The second-order valence-electron chi connectivity index (χ2n) is 6.16. The van der Waals surface area contributed by atoms with Crippen molar-refractivity contribution in [2.24, 2.45) is 0 Å². The van der Waals surface area contributed by atoms with Crippen molar-refractivity contribution in [1.82, 2.24) is 10.3 Å². The lowest BCUT2D eigenvalue weighted by Gasteiger charge is -2.29. The van der Waals surface area contributed by atoms with Crippen LogP contribution >= 0.6 is 0 Å². The van der Waals surface area contributed by atoms with Gasteiger partial charge < -0.3 is 15.0 Å². The predicted molar refractivity (Wildman–Crippen MR) is 100 cm³/mol. The van der Waals surface area contributed by atoms with E-state index in [0.29, 0.717) is 11.5 Å². The lowest BCUT2D eigenvalue weighted by atomic mass is 10.1. The van der Waals surface area contributed by atoms with Gasteiger partial charge in [-0.05, 0) is 60.7 Å². The minimum atomic E-state index is -0.278. The van der Waals surface area contributed by atoms with Crippen molar-refractivity contribution in [3.63, 3.8) is 0 Å². The SMILES string of the molecule is Fc1ccc(Oc2ccc(-c3cc(N4CCNCC4)c[c]n3)cc2)cc1. The Kier molecular flexibility index (Phi) is 4.80. The summed E-state index contributed by atoms with van der Waals surface area (Å²) in [6.45, 7) is 3.96. The van der Waals surface area contributed by atoms with Crippen LogP contribution in [0.3, 0.4) is 0 Å². The minimum Gasteiger partial charge on any atom is -0.457 e. The molecule has 0 spiro atoms. The Morgan fingerprint density at radius 2 is 1.62 bits per heavy atom. The van der Waals surface area contributed by atoms with Crippen LogP contribution in [-0.4, -0.2) is 31.2 Å². The van der Waals surface area contributed by atoms with Gasteiger partial charge in [0.25, 0.3) is 0 Å². The van der Waals surface area contributed by atoms with Gasteiger partial charge in [0.15, 0.2) is 0 Å². The number of benzene rings is 2. The monoisotopic (exact) mass is 348 g/mol. The lowest BCUT2D eigenvalue weighted by molar-refractivity contribution is 0.480. The Morgan fingerprint density at radius 3 is 2.31 bits per heavy atom. The highest BCUT2D eigenvalue weighted by Crippen LogP contribution is 2.27. The van der Waals surface area contributed by atoms with Gasteiger partial charge in [-0.25, -0.2) is 9.37 Å². The maximum Gasteiger partial charge on any atom is 0.127 e. The van der Waals surface area contributed by atoms with Crippen molar-refractivity contribution in [2.75, 3.05) is 31.1 Å². The van der Waals surface area contributed by atoms with Crippen LogP contribution in [0.25, 0.3) is 11.3 Å². The molecule has 2 heterocycles. The van der Waals surface area contributed by atoms with Crippen LogP contribution < -0.4 is 15.0 Å². The zero-order chi connectivity index (χ0) is 17.8. The summed E-state index contributed by atoms with van der Waals surface area (Å²) >= 11 is 0. The van der Waals surface area contributed by atoms with E-state index in [1.807, 2.05) is 30.3 Å². The Balaban J connectivity index is 1.50. The second-order valence-corrected chi connectivity index (χ2v) is 6.16. The molecule has 0 unspecified atom stereocenters. The zero-order valence-corrected chi connectivity index (χ0v) is 14.3. The minimum absolute atomic E-state index is 0.278. The van der Waals surface area contributed by atoms with Crippen LogP contribution in [0, 0.1) is 12.0 Å². The normalized spacial score (nSPS) is 14.3. The number of halogens is 1. The average Bonchev–Trinajstić information content (AvgIpc) is 2.71. The molecule has 2 aromatic carbocycles. The van der Waals surface area contributed by atoms with Gasteiger partial charge in [0.2, 0.25) is 0 Å². The van der Waals surface area contributed by atoms with Crippen molar-refractivity contribution in [2.45, 2.75) is 0 Å². The number of pyridine rings is 1. The van der Waals surface area contributed by atoms with E-state index in [4.69, 9.17) is 4.74 Å². The van der Waals surface area contributed by atoms with E-state index in [1.54, 1.807) is 12.1 Å². The molecule has 0 saturated carbocycles. The fourth-order valence-electron chi connectivity index (χ4n) is 2.97. The number of hydrogen-bond acceptors (Lipinski definition) is 4. The number of ether oxygens (including phenoxy) is 1. The van der Waals surface area contributed by atoms with Gasteiger partial charge in [0.1, 0.15) is 17.3 Å². The van der Waals surface area contributed by atoms with E-state index in [0.717, 1.165) is 43.1 Å². The summed E-state index contributed by atoms with van der Waals surface area (Å²) in [5, 5.41) is 3.36. The van der Waals surface area contributed by atoms with Crippen LogP contribution in [0.2, 0.25) is 0 Å². The van der Waals surface area contributed by atoms with Crippen molar-refractivity contribution >= 4 is 5.69 Å². The predicted octanol–water partition coefficient (Wildman–Crippen LogP) is 3.89. The van der Waals surface area contributed by atoms with Crippen molar-refractivity contribution in [3.8, 4) is 22.8 Å². The molecular formula is C21H19FN3O. The maximum absolute atomic E-state index is 13.0. The lowest BCUT2D eigenvalue weighted by Crippen LogP contribution is -2.43. The first-order valence-electron chi connectivity index (χ1n) is 8.66. The second kappa shape index (κ2) is 7.54. The number of aromatic nitrogens is 1. The molecule has 4 nitrogen and oxygen atoms in total. The van der Waals surface area contributed by atoms with Crippen molar-refractivity contribution in [3.05, 3.63) is 72.7 Å². The van der Waals surface area contributed by atoms with Crippen LogP contribution in [0.15, 0.2) is 60.7 Å². The fraction of sp³-hybridized carbons (Fsp3) is 0.190. The molecule has 0 bridgehead atoms. The molecule has 1 aliphatic heterocycles. The van der Waals surface area contributed by atoms with Gasteiger partial charge in [-0.3, -0.25) is 0 Å². The van der Waals surface area contributed by atoms with Gasteiger partial charge in [0.05, 0.1) is 11.9 Å². The molecule has 1 aromatic heterocycles. The Hall–Kier alpha value is -2.92. The van der Waals surface area contributed by atoms with Gasteiger partial charge in [0, 0.05) is 37.4 Å². The summed E-state index contributed by atoms with van der Waals surface area (Å²) in [5.74, 6) is 1.02. The maximum atomic E-state index is 13.0. The average molecular weight is 348 g/mol. The zero-order valence-electron chi connectivity index (χ0n) is 14.3. The summed E-state index contributed by atoms with van der Waals surface area (Å²) in [5.41, 5.74) is 3.03. The molecule has 1 fully saturated rings. The number of rotatable bonds is 4. The van der Waals surface area contributed by atoms with Crippen molar-refractivity contribution < 1.29 is 9.13 Å². The molecule has 26 heavy (non-hydrogen) atoms. The van der Waals surface area contributed by atoms with Crippen LogP contribution in [0.5, 0.6) is 11.5 Å². The third kappa shape index (κ3) is 3.83. The Bertz CT molecular complexity index is 859. The third-order valence-electron chi connectivity index (χ3n) is 4.36. The highest BCUT2D eigenvalue weighted by molar-refractivity contribution is 5.65. The number of nitrogens with zero attached hydrogens (tertiary/aromatic N) is 2. The first-order valence-corrected chi connectivity index (χ1v) is 8.66. The molecule has 0 amide bonds. The number of nitrogens with one attached hydrogen (secondary N) is 1. The molecule has 5 heteroatoms. The van der Waals surface area contributed by atoms with E-state index in [2.05, 4.69) is 27.5 Å². The summed E-state index contributed by atoms with van der Waals surface area (Å²) < 4.78 is 18.7. The number of piperazine rings is 1. The number of hydrogen-bond donors (Lipinski definition) is 1. The van der Waals surface area contributed by atoms with Crippen molar-refractivity contribution in [1.29, 1.82) is 0 Å². The molecule has 1 N–H and O–H groups in total. The van der Waals surface area contributed by atoms with Crippen LogP contribution in [-0.2, 0) is 0 Å². The first-order chi connectivity index (χ1) is 12.8. The molecular weight excluding hydrogens is 329 g/mol. The van der Waals surface area contributed by atoms with Crippen LogP contribution in [0.4, 0.5) is 10.1 Å². The molecule has 0 aliphatic carbocycles. The highest BCUT2D eigenvalue weighted by Gasteiger charge is 2.11. The molecule has 1 radical (unpaired) electrons. The van der Waals surface area contributed by atoms with E-state index < -0.39 is 0 Å². The summed E-state index contributed by atoms with van der Waals surface area (Å²) in [7, 11) is 0. The quantitative estimate of drug-likeness (QED) is 0.776. The van der Waals surface area contributed by atoms with E-state index >= 15 is 0 Å². The largest absolute Gasteiger partial charge is 0.457 e. The summed E-state index contributed by atoms with van der Waals surface area (Å²) in [6, 6.07) is 17.7. The van der Waals surface area contributed by atoms with E-state index in [1.165, 1.54) is 12.1 Å². The molecule has 1 aliphatic rings. The van der Waals surface area contributed by atoms with Gasteiger partial charge >= 0.3 is 0 Å². The Morgan fingerprint density at radius 1 is 0.962 bits per heavy atom. The molecule has 1 saturated heterocycles. The van der Waals surface area contributed by atoms with E-state index in [9.17, 15) is 4.39 Å². The van der Waals surface area contributed by atoms with Crippen LogP contribution in [0.1, 0.15) is 0 Å². The molecule has 4 rings (SSSR count). The van der Waals surface area contributed by atoms with Gasteiger partial charge in [-0.2, -0.15) is 0 Å². The Labute approximate surface area is 152 Å². The standard InChI is InChI=1S/C21H19FN3O/c22-17-3-7-20(8-4-17)26-19-5-1-16(2-6-19)21-15-18(9-10-24-21)25-13-11-23-12-14-25/h1-9,15,23H,11-14H2. The topological polar surface area (TPSA) is 37.4 Å². The summed E-state index contributed by atoms with van der Waals surface area (Å²) in [4.78, 5) is 6.72. The highest BCUT2D eigenvalue weighted by atomic mass is 19.1. The third-order valence-corrected chi connectivity index (χ3v) is 4.36. The summed E-state index contributed by atoms with van der Waals surface area (Å²) in [6.07, 6.45) is 3.01. The van der Waals surface area contributed by atoms with E-state index in [-0.39, 0.29) is 5.82 Å². The molecule has 3 aromatic rings. The van der Waals surface area contributed by atoms with Gasteiger partial charge in [-0.15, -0.1) is 0 Å².